The van der Waals surface area contributed by atoms with Crippen molar-refractivity contribution in [3.05, 3.63) is 29.8 Å². The van der Waals surface area contributed by atoms with Crippen LogP contribution in [-0.4, -0.2) is 38.0 Å². The summed E-state index contributed by atoms with van der Waals surface area (Å²) in [4.78, 5) is 13.6. The van der Waals surface area contributed by atoms with Gasteiger partial charge < -0.3 is 15.8 Å². The number of carbonyl (C=O) groups is 1. The Morgan fingerprint density at radius 2 is 1.95 bits per heavy atom. The van der Waals surface area contributed by atoms with Gasteiger partial charge in [0.2, 0.25) is 5.91 Å². The van der Waals surface area contributed by atoms with Gasteiger partial charge in [0.25, 0.3) is 0 Å². The van der Waals surface area contributed by atoms with Crippen LogP contribution in [-0.2, 0) is 9.53 Å². The lowest BCUT2D eigenvalue weighted by molar-refractivity contribution is -0.135. The zero-order valence-electron chi connectivity index (χ0n) is 13.0. The molecule has 22 heavy (non-hydrogen) atoms. The average Bonchev–Trinajstić information content (AvgIpc) is 2.53. The van der Waals surface area contributed by atoms with Crippen LogP contribution in [0.2, 0.25) is 0 Å². The Balaban J connectivity index is 0.00000242. The molecule has 3 N–H and O–H groups in total. The van der Waals surface area contributed by atoms with Crippen molar-refractivity contribution in [1.82, 2.24) is 5.32 Å². The molecule has 1 heterocycles. The van der Waals surface area contributed by atoms with Gasteiger partial charge in [-0.15, -0.1) is 24.2 Å². The molecule has 0 saturated carbocycles. The first-order valence-electron chi connectivity index (χ1n) is 7.42. The molecule has 1 aliphatic heterocycles. The molecule has 0 spiro atoms. The van der Waals surface area contributed by atoms with Crippen molar-refractivity contribution in [3.8, 4) is 0 Å². The van der Waals surface area contributed by atoms with E-state index in [1.165, 1.54) is 10.5 Å². The van der Waals surface area contributed by atoms with Crippen molar-refractivity contribution in [2.24, 2.45) is 11.1 Å². The third-order valence-electron chi connectivity index (χ3n) is 4.00. The standard InChI is InChI=1S/C16H24N2O2S.ClH/c1-13-2-4-14(5-3-13)21-11-8-18-15(19)16(12-17)6-9-20-10-7-16;/h2-5H,6-12,17H2,1H3,(H,18,19);1H. The summed E-state index contributed by atoms with van der Waals surface area (Å²) >= 11 is 1.75. The van der Waals surface area contributed by atoms with Gasteiger partial charge in [-0.25, -0.2) is 0 Å². The fourth-order valence-electron chi connectivity index (χ4n) is 2.44. The predicted molar refractivity (Wildman–Crippen MR) is 93.7 cm³/mol. The molecule has 1 aliphatic rings. The van der Waals surface area contributed by atoms with Gasteiger partial charge in [-0.3, -0.25) is 4.79 Å². The molecule has 6 heteroatoms. The van der Waals surface area contributed by atoms with Crippen molar-refractivity contribution in [2.75, 3.05) is 32.1 Å². The van der Waals surface area contributed by atoms with Crippen LogP contribution < -0.4 is 11.1 Å². The van der Waals surface area contributed by atoms with E-state index in [1.54, 1.807) is 11.8 Å². The predicted octanol–water partition coefficient (Wildman–Crippen LogP) is 2.38. The summed E-state index contributed by atoms with van der Waals surface area (Å²) in [5.41, 5.74) is 6.66. The minimum Gasteiger partial charge on any atom is -0.381 e. The summed E-state index contributed by atoms with van der Waals surface area (Å²) in [6.45, 7) is 4.40. The Bertz CT molecular complexity index is 462. The van der Waals surface area contributed by atoms with Gasteiger partial charge in [-0.2, -0.15) is 0 Å². The van der Waals surface area contributed by atoms with Gasteiger partial charge in [0.15, 0.2) is 0 Å². The number of ether oxygens (including phenoxy) is 1. The molecule has 1 fully saturated rings. The number of halogens is 1. The number of amides is 1. The van der Waals surface area contributed by atoms with E-state index in [1.807, 2.05) is 0 Å². The third kappa shape index (κ3) is 5.16. The maximum Gasteiger partial charge on any atom is 0.227 e. The lowest BCUT2D eigenvalue weighted by atomic mass is 9.79. The van der Waals surface area contributed by atoms with Crippen LogP contribution >= 0.6 is 24.2 Å². The number of nitrogens with two attached hydrogens (primary N) is 1. The first-order valence-corrected chi connectivity index (χ1v) is 8.40. The summed E-state index contributed by atoms with van der Waals surface area (Å²) in [5, 5.41) is 3.03. The second-order valence-corrected chi connectivity index (χ2v) is 6.68. The number of hydrogen-bond donors (Lipinski definition) is 2. The summed E-state index contributed by atoms with van der Waals surface area (Å²) in [6.07, 6.45) is 1.45. The molecule has 0 radical (unpaired) electrons. The number of nitrogens with one attached hydrogen (secondary N) is 1. The fourth-order valence-corrected chi connectivity index (χ4v) is 3.21. The highest BCUT2D eigenvalue weighted by Crippen LogP contribution is 2.29. The third-order valence-corrected chi connectivity index (χ3v) is 5.01. The summed E-state index contributed by atoms with van der Waals surface area (Å²) < 4.78 is 5.33. The van der Waals surface area contributed by atoms with Gasteiger partial charge in [0.1, 0.15) is 0 Å². The van der Waals surface area contributed by atoms with Gasteiger partial charge in [-0.1, -0.05) is 17.7 Å². The van der Waals surface area contributed by atoms with E-state index in [0.717, 1.165) is 18.6 Å². The molecule has 1 amide bonds. The zero-order chi connectivity index (χ0) is 15.1. The minimum atomic E-state index is -0.424. The summed E-state index contributed by atoms with van der Waals surface area (Å²) in [5.74, 6) is 0.948. The van der Waals surface area contributed by atoms with Gasteiger partial charge in [0, 0.05) is 37.0 Å². The second kappa shape index (κ2) is 9.40. The topological polar surface area (TPSA) is 64.4 Å². The largest absolute Gasteiger partial charge is 0.381 e. The smallest absolute Gasteiger partial charge is 0.227 e. The van der Waals surface area contributed by atoms with Crippen LogP contribution in [0.3, 0.4) is 0 Å². The lowest BCUT2D eigenvalue weighted by Crippen LogP contribution is -2.49. The Morgan fingerprint density at radius 1 is 1.32 bits per heavy atom. The lowest BCUT2D eigenvalue weighted by Gasteiger charge is -2.34. The molecule has 0 atom stereocenters. The van der Waals surface area contributed by atoms with Crippen LogP contribution in [0.15, 0.2) is 29.2 Å². The molecular weight excluding hydrogens is 320 g/mol. The van der Waals surface area contributed by atoms with E-state index in [2.05, 4.69) is 36.5 Å². The summed E-state index contributed by atoms with van der Waals surface area (Å²) in [6, 6.07) is 8.43. The molecule has 4 nitrogen and oxygen atoms in total. The monoisotopic (exact) mass is 344 g/mol. The number of hydrogen-bond acceptors (Lipinski definition) is 4. The quantitative estimate of drug-likeness (QED) is 0.614. The highest BCUT2D eigenvalue weighted by molar-refractivity contribution is 7.99. The molecule has 1 aromatic rings. The molecule has 1 saturated heterocycles. The van der Waals surface area contributed by atoms with Crippen molar-refractivity contribution in [2.45, 2.75) is 24.7 Å². The average molecular weight is 345 g/mol. The molecule has 0 aromatic heterocycles. The zero-order valence-corrected chi connectivity index (χ0v) is 14.6. The number of thioether (sulfide) groups is 1. The molecule has 2 rings (SSSR count). The first kappa shape index (κ1) is 19.3. The minimum absolute atomic E-state index is 0. The molecule has 1 aromatic carbocycles. The SMILES string of the molecule is Cc1ccc(SCCNC(=O)C2(CN)CCOCC2)cc1.Cl. The maximum atomic E-state index is 12.4. The highest BCUT2D eigenvalue weighted by atomic mass is 35.5. The fraction of sp³-hybridized carbons (Fsp3) is 0.562. The van der Waals surface area contributed by atoms with E-state index < -0.39 is 5.41 Å². The van der Waals surface area contributed by atoms with E-state index >= 15 is 0 Å². The Kier molecular flexibility index (Phi) is 8.25. The van der Waals surface area contributed by atoms with Crippen molar-refractivity contribution >= 4 is 30.1 Å². The molecular formula is C16H25ClN2O2S. The van der Waals surface area contributed by atoms with E-state index in [-0.39, 0.29) is 18.3 Å². The van der Waals surface area contributed by atoms with E-state index in [4.69, 9.17) is 10.5 Å². The van der Waals surface area contributed by atoms with Crippen LogP contribution in [0.5, 0.6) is 0 Å². The van der Waals surface area contributed by atoms with E-state index in [0.29, 0.717) is 26.3 Å². The number of benzene rings is 1. The van der Waals surface area contributed by atoms with Crippen LogP contribution in [0.1, 0.15) is 18.4 Å². The second-order valence-electron chi connectivity index (χ2n) is 5.51. The molecule has 124 valence electrons. The molecule has 0 bridgehead atoms. The number of carbonyl (C=O) groups excluding carboxylic acids is 1. The first-order chi connectivity index (χ1) is 10.2. The van der Waals surface area contributed by atoms with Crippen LogP contribution in [0.4, 0.5) is 0 Å². The Hall–Kier alpha value is -0.750. The van der Waals surface area contributed by atoms with Crippen molar-refractivity contribution < 1.29 is 9.53 Å². The Labute approximate surface area is 143 Å². The maximum absolute atomic E-state index is 12.4. The van der Waals surface area contributed by atoms with Crippen LogP contribution in [0, 0.1) is 12.3 Å². The van der Waals surface area contributed by atoms with Gasteiger partial charge in [0.05, 0.1) is 5.41 Å². The van der Waals surface area contributed by atoms with Crippen LogP contribution in [0.25, 0.3) is 0 Å². The molecule has 0 aliphatic carbocycles. The number of aryl methyl sites for hydroxylation is 1. The Morgan fingerprint density at radius 3 is 2.55 bits per heavy atom. The van der Waals surface area contributed by atoms with Crippen molar-refractivity contribution in [3.63, 3.8) is 0 Å². The highest BCUT2D eigenvalue weighted by Gasteiger charge is 2.38. The van der Waals surface area contributed by atoms with Gasteiger partial charge >= 0.3 is 0 Å². The van der Waals surface area contributed by atoms with E-state index in [9.17, 15) is 4.79 Å². The van der Waals surface area contributed by atoms with Crippen molar-refractivity contribution in [1.29, 1.82) is 0 Å². The summed E-state index contributed by atoms with van der Waals surface area (Å²) in [7, 11) is 0. The number of rotatable bonds is 6. The van der Waals surface area contributed by atoms with Gasteiger partial charge in [-0.05, 0) is 31.9 Å². The molecule has 0 unspecified atom stereocenters. The normalized spacial score (nSPS) is 16.6.